The van der Waals surface area contributed by atoms with E-state index >= 15 is 0 Å². The third-order valence-electron chi connectivity index (χ3n) is 5.18. The molecule has 3 heterocycles. The number of ether oxygens (including phenoxy) is 1. The molecule has 1 aromatic heterocycles. The maximum absolute atomic E-state index is 12.8. The van der Waals surface area contributed by atoms with E-state index in [-0.39, 0.29) is 22.3 Å². The number of rotatable bonds is 4. The van der Waals surface area contributed by atoms with Crippen LogP contribution in [-0.4, -0.2) is 44.3 Å². The summed E-state index contributed by atoms with van der Waals surface area (Å²) in [5.41, 5.74) is 1.65. The van der Waals surface area contributed by atoms with E-state index in [1.807, 2.05) is 12.1 Å². The van der Waals surface area contributed by atoms with Crippen LogP contribution in [0.25, 0.3) is 0 Å². The van der Waals surface area contributed by atoms with Gasteiger partial charge in [0.2, 0.25) is 10.0 Å². The molecule has 1 atom stereocenters. The van der Waals surface area contributed by atoms with Crippen molar-refractivity contribution >= 4 is 50.6 Å². The molecule has 1 amide bonds. The summed E-state index contributed by atoms with van der Waals surface area (Å²) in [6.45, 7) is 3.22. The minimum absolute atomic E-state index is 0.130. The second kappa shape index (κ2) is 7.75. The van der Waals surface area contributed by atoms with Gasteiger partial charge in [-0.15, -0.1) is 0 Å². The SMILES string of the molecule is CC1CCN(c2cc(C(=O)Nc3cc(Cl)cc(C4COC4)c3)c(Cl)cn2)S1(=O)=O. The molecule has 29 heavy (non-hydrogen) atoms. The topological polar surface area (TPSA) is 88.6 Å². The summed E-state index contributed by atoms with van der Waals surface area (Å²) < 4.78 is 31.3. The molecular formula is C19H19Cl2N3O4S. The number of aromatic nitrogens is 1. The fourth-order valence-corrected chi connectivity index (χ4v) is 5.31. The number of pyridine rings is 1. The van der Waals surface area contributed by atoms with Crippen molar-refractivity contribution in [2.75, 3.05) is 29.4 Å². The zero-order chi connectivity index (χ0) is 20.8. The second-order valence-corrected chi connectivity index (χ2v) is 10.3. The van der Waals surface area contributed by atoms with Crippen molar-refractivity contribution in [3.8, 4) is 0 Å². The molecular weight excluding hydrogens is 437 g/mol. The molecule has 2 aromatic rings. The third-order valence-corrected chi connectivity index (χ3v) is 7.94. The summed E-state index contributed by atoms with van der Waals surface area (Å²) in [4.78, 5) is 17.0. The lowest BCUT2D eigenvalue weighted by atomic mass is 9.97. The summed E-state index contributed by atoms with van der Waals surface area (Å²) in [6, 6.07) is 6.74. The normalized spacial score (nSPS) is 21.1. The van der Waals surface area contributed by atoms with Crippen molar-refractivity contribution in [2.45, 2.75) is 24.5 Å². The first-order valence-electron chi connectivity index (χ1n) is 9.12. The Labute approximate surface area is 179 Å². The fraction of sp³-hybridized carbons (Fsp3) is 0.368. The molecule has 1 unspecified atom stereocenters. The van der Waals surface area contributed by atoms with Crippen LogP contribution in [0, 0.1) is 0 Å². The van der Waals surface area contributed by atoms with Gasteiger partial charge in [0.05, 0.1) is 29.0 Å². The molecule has 2 saturated heterocycles. The van der Waals surface area contributed by atoms with Crippen molar-refractivity contribution < 1.29 is 17.9 Å². The van der Waals surface area contributed by atoms with Crippen molar-refractivity contribution in [3.63, 3.8) is 0 Å². The smallest absolute Gasteiger partial charge is 0.257 e. The van der Waals surface area contributed by atoms with Crippen LogP contribution in [-0.2, 0) is 14.8 Å². The van der Waals surface area contributed by atoms with Gasteiger partial charge in [0.25, 0.3) is 5.91 Å². The van der Waals surface area contributed by atoms with E-state index in [4.69, 9.17) is 27.9 Å². The van der Waals surface area contributed by atoms with Gasteiger partial charge in [-0.3, -0.25) is 9.10 Å². The number of carbonyl (C=O) groups is 1. The Kier molecular flexibility index (Phi) is 5.46. The van der Waals surface area contributed by atoms with E-state index in [1.54, 1.807) is 13.0 Å². The molecule has 2 fully saturated rings. The first-order chi connectivity index (χ1) is 13.8. The molecule has 2 aliphatic rings. The number of halogens is 2. The third kappa shape index (κ3) is 3.94. The number of nitrogens with one attached hydrogen (secondary N) is 1. The zero-order valence-corrected chi connectivity index (χ0v) is 17.9. The highest BCUT2D eigenvalue weighted by atomic mass is 35.5. The van der Waals surface area contributed by atoms with Crippen LogP contribution in [0.4, 0.5) is 11.5 Å². The van der Waals surface area contributed by atoms with Crippen LogP contribution < -0.4 is 9.62 Å². The molecule has 154 valence electrons. The van der Waals surface area contributed by atoms with E-state index in [2.05, 4.69) is 10.3 Å². The van der Waals surface area contributed by atoms with Gasteiger partial charge in [-0.1, -0.05) is 23.2 Å². The lowest BCUT2D eigenvalue weighted by Crippen LogP contribution is -2.29. The molecule has 1 aromatic carbocycles. The van der Waals surface area contributed by atoms with Crippen molar-refractivity contribution in [1.29, 1.82) is 0 Å². The zero-order valence-electron chi connectivity index (χ0n) is 15.6. The number of amides is 1. The Hall–Kier alpha value is -1.87. The highest BCUT2D eigenvalue weighted by Gasteiger charge is 2.37. The van der Waals surface area contributed by atoms with E-state index in [0.717, 1.165) is 5.56 Å². The predicted octanol–water partition coefficient (Wildman–Crippen LogP) is 3.68. The Balaban J connectivity index is 1.60. The lowest BCUT2D eigenvalue weighted by molar-refractivity contribution is 0.00845. The summed E-state index contributed by atoms with van der Waals surface area (Å²) in [7, 11) is -3.48. The summed E-state index contributed by atoms with van der Waals surface area (Å²) >= 11 is 12.4. The van der Waals surface area contributed by atoms with Crippen LogP contribution in [0.3, 0.4) is 0 Å². The monoisotopic (exact) mass is 455 g/mol. The molecule has 0 radical (unpaired) electrons. The molecule has 4 rings (SSSR count). The van der Waals surface area contributed by atoms with Crippen molar-refractivity contribution in [3.05, 3.63) is 51.6 Å². The number of sulfonamides is 1. The van der Waals surface area contributed by atoms with Crippen LogP contribution in [0.5, 0.6) is 0 Å². The molecule has 7 nitrogen and oxygen atoms in total. The van der Waals surface area contributed by atoms with Crippen LogP contribution in [0.15, 0.2) is 30.5 Å². The van der Waals surface area contributed by atoms with Gasteiger partial charge in [0, 0.05) is 29.4 Å². The number of anilines is 2. The lowest BCUT2D eigenvalue weighted by Gasteiger charge is -2.27. The van der Waals surface area contributed by atoms with Gasteiger partial charge in [-0.25, -0.2) is 13.4 Å². The van der Waals surface area contributed by atoms with E-state index in [0.29, 0.717) is 36.9 Å². The minimum atomic E-state index is -3.48. The Morgan fingerprint density at radius 1 is 1.24 bits per heavy atom. The summed E-state index contributed by atoms with van der Waals surface area (Å²) in [5, 5.41) is 2.93. The fourth-order valence-electron chi connectivity index (χ4n) is 3.32. The quantitative estimate of drug-likeness (QED) is 0.759. The molecule has 0 spiro atoms. The summed E-state index contributed by atoms with van der Waals surface area (Å²) in [5.74, 6) is -0.0356. The number of nitrogens with zero attached hydrogens (tertiary/aromatic N) is 2. The van der Waals surface area contributed by atoms with Crippen molar-refractivity contribution in [2.24, 2.45) is 0 Å². The molecule has 2 aliphatic heterocycles. The maximum Gasteiger partial charge on any atom is 0.257 e. The minimum Gasteiger partial charge on any atom is -0.380 e. The number of carbonyl (C=O) groups excluding carboxylic acids is 1. The van der Waals surface area contributed by atoms with E-state index < -0.39 is 21.2 Å². The second-order valence-electron chi connectivity index (χ2n) is 7.20. The van der Waals surface area contributed by atoms with Gasteiger partial charge in [-0.2, -0.15) is 0 Å². The average molecular weight is 456 g/mol. The Bertz CT molecular complexity index is 1070. The van der Waals surface area contributed by atoms with E-state index in [9.17, 15) is 13.2 Å². The molecule has 0 bridgehead atoms. The Morgan fingerprint density at radius 3 is 2.62 bits per heavy atom. The largest absolute Gasteiger partial charge is 0.380 e. The van der Waals surface area contributed by atoms with Gasteiger partial charge >= 0.3 is 0 Å². The first-order valence-corrected chi connectivity index (χ1v) is 11.4. The number of benzene rings is 1. The Morgan fingerprint density at radius 2 is 2.00 bits per heavy atom. The van der Waals surface area contributed by atoms with Gasteiger partial charge in [0.1, 0.15) is 5.82 Å². The molecule has 0 saturated carbocycles. The van der Waals surface area contributed by atoms with Crippen LogP contribution in [0.1, 0.15) is 35.2 Å². The molecule has 0 aliphatic carbocycles. The molecule has 10 heteroatoms. The van der Waals surface area contributed by atoms with Crippen LogP contribution >= 0.6 is 23.2 Å². The van der Waals surface area contributed by atoms with Gasteiger partial charge in [0.15, 0.2) is 0 Å². The summed E-state index contributed by atoms with van der Waals surface area (Å²) in [6.07, 6.45) is 1.80. The van der Waals surface area contributed by atoms with Crippen LogP contribution in [0.2, 0.25) is 10.0 Å². The molecule has 1 N–H and O–H groups in total. The van der Waals surface area contributed by atoms with E-state index in [1.165, 1.54) is 16.6 Å². The highest BCUT2D eigenvalue weighted by Crippen LogP contribution is 2.31. The standard InChI is InChI=1S/C19H19Cl2N3O4S/c1-11-2-3-24(29(11,26)27)18-7-16(17(21)8-22-18)19(25)23-15-5-12(4-14(20)6-15)13-9-28-10-13/h4-8,11,13H,2-3,9-10H2,1H3,(H,23,25). The highest BCUT2D eigenvalue weighted by molar-refractivity contribution is 7.93. The maximum atomic E-state index is 12.8. The predicted molar refractivity (Wildman–Crippen MR) is 113 cm³/mol. The van der Waals surface area contributed by atoms with Crippen molar-refractivity contribution in [1.82, 2.24) is 4.98 Å². The number of hydrogen-bond donors (Lipinski definition) is 1. The first kappa shape index (κ1) is 20.4. The van der Waals surface area contributed by atoms with Gasteiger partial charge < -0.3 is 10.1 Å². The average Bonchev–Trinajstić information content (AvgIpc) is 2.86. The number of hydrogen-bond acceptors (Lipinski definition) is 5. The van der Waals surface area contributed by atoms with Gasteiger partial charge in [-0.05, 0) is 43.2 Å².